The predicted octanol–water partition coefficient (Wildman–Crippen LogP) is 0.0292. The van der Waals surface area contributed by atoms with Crippen molar-refractivity contribution in [3.05, 3.63) is 11.6 Å². The van der Waals surface area contributed by atoms with Crippen LogP contribution >= 0.6 is 0 Å². The molecule has 0 spiro atoms. The van der Waals surface area contributed by atoms with E-state index in [0.717, 1.165) is 24.6 Å². The summed E-state index contributed by atoms with van der Waals surface area (Å²) in [4.78, 5) is 17.4. The second-order valence-corrected chi connectivity index (χ2v) is 4.75. The predicted molar refractivity (Wildman–Crippen MR) is 61.7 cm³/mol. The first-order chi connectivity index (χ1) is 8.06. The number of carboxylic acids is 1. The van der Waals surface area contributed by atoms with E-state index in [0.29, 0.717) is 19.4 Å². The molecule has 17 heavy (non-hydrogen) atoms. The number of carbonyl (C=O) groups is 1. The summed E-state index contributed by atoms with van der Waals surface area (Å²) in [6.45, 7) is 1.58. The van der Waals surface area contributed by atoms with E-state index in [1.165, 1.54) is 0 Å². The van der Waals surface area contributed by atoms with Crippen LogP contribution in [0.1, 0.15) is 18.1 Å². The Morgan fingerprint density at radius 1 is 1.59 bits per heavy atom. The molecular formula is C11H18N4O2. The molecule has 6 nitrogen and oxygen atoms in total. The normalized spacial score (nSPS) is 19.4. The van der Waals surface area contributed by atoms with Gasteiger partial charge in [0.25, 0.3) is 0 Å². The van der Waals surface area contributed by atoms with Crippen molar-refractivity contribution in [2.24, 2.45) is 5.92 Å². The SMILES string of the molecule is CN(C)CCc1nc2n(n1)CCC(C(=O)O)C2. The summed E-state index contributed by atoms with van der Waals surface area (Å²) in [5, 5.41) is 13.4. The topological polar surface area (TPSA) is 71.2 Å². The van der Waals surface area contributed by atoms with Gasteiger partial charge in [-0.2, -0.15) is 5.10 Å². The quantitative estimate of drug-likeness (QED) is 0.801. The van der Waals surface area contributed by atoms with Gasteiger partial charge in [0, 0.05) is 25.9 Å². The first-order valence-corrected chi connectivity index (χ1v) is 5.86. The monoisotopic (exact) mass is 238 g/mol. The van der Waals surface area contributed by atoms with Gasteiger partial charge in [0.05, 0.1) is 5.92 Å². The van der Waals surface area contributed by atoms with Gasteiger partial charge in [-0.3, -0.25) is 4.79 Å². The minimum absolute atomic E-state index is 0.298. The maximum absolute atomic E-state index is 10.9. The second kappa shape index (κ2) is 4.83. The van der Waals surface area contributed by atoms with Crippen LogP contribution in [0.4, 0.5) is 0 Å². The number of nitrogens with zero attached hydrogens (tertiary/aromatic N) is 4. The Balaban J connectivity index is 2.04. The molecule has 0 aromatic carbocycles. The minimum atomic E-state index is -0.728. The Kier molecular flexibility index (Phi) is 3.42. The zero-order valence-corrected chi connectivity index (χ0v) is 10.3. The van der Waals surface area contributed by atoms with E-state index in [2.05, 4.69) is 15.0 Å². The number of aromatic nitrogens is 3. The van der Waals surface area contributed by atoms with E-state index >= 15 is 0 Å². The van der Waals surface area contributed by atoms with Crippen molar-refractivity contribution in [2.45, 2.75) is 25.8 Å². The van der Waals surface area contributed by atoms with Crippen LogP contribution in [0, 0.1) is 5.92 Å². The van der Waals surface area contributed by atoms with Crippen molar-refractivity contribution in [2.75, 3.05) is 20.6 Å². The molecule has 0 saturated heterocycles. The van der Waals surface area contributed by atoms with E-state index < -0.39 is 5.97 Å². The summed E-state index contributed by atoms with van der Waals surface area (Å²) in [7, 11) is 4.02. The van der Waals surface area contributed by atoms with Crippen LogP contribution in [0.3, 0.4) is 0 Å². The van der Waals surface area contributed by atoms with Gasteiger partial charge in [-0.15, -0.1) is 0 Å². The smallest absolute Gasteiger partial charge is 0.307 e. The van der Waals surface area contributed by atoms with Crippen molar-refractivity contribution >= 4 is 5.97 Å². The van der Waals surface area contributed by atoms with Gasteiger partial charge in [0.15, 0.2) is 5.82 Å². The van der Waals surface area contributed by atoms with Crippen molar-refractivity contribution in [1.82, 2.24) is 19.7 Å². The van der Waals surface area contributed by atoms with Crippen LogP contribution in [0.25, 0.3) is 0 Å². The zero-order valence-electron chi connectivity index (χ0n) is 10.3. The molecule has 1 N–H and O–H groups in total. The first-order valence-electron chi connectivity index (χ1n) is 5.86. The molecule has 1 aliphatic heterocycles. The van der Waals surface area contributed by atoms with Crippen LogP contribution in [-0.2, 0) is 24.2 Å². The number of aryl methyl sites for hydroxylation is 1. The number of likely N-dealkylation sites (N-methyl/N-ethyl adjacent to an activating group) is 1. The van der Waals surface area contributed by atoms with Crippen LogP contribution in [-0.4, -0.2) is 51.4 Å². The number of aliphatic carboxylic acids is 1. The van der Waals surface area contributed by atoms with Crippen molar-refractivity contribution in [1.29, 1.82) is 0 Å². The molecule has 94 valence electrons. The zero-order chi connectivity index (χ0) is 12.4. The van der Waals surface area contributed by atoms with E-state index in [1.54, 1.807) is 0 Å². The Morgan fingerprint density at radius 3 is 3.00 bits per heavy atom. The summed E-state index contributed by atoms with van der Waals surface area (Å²) in [6.07, 6.45) is 1.97. The molecule has 2 heterocycles. The van der Waals surface area contributed by atoms with E-state index in [1.807, 2.05) is 18.8 Å². The summed E-state index contributed by atoms with van der Waals surface area (Å²) >= 11 is 0. The molecule has 0 bridgehead atoms. The van der Waals surface area contributed by atoms with E-state index in [-0.39, 0.29) is 5.92 Å². The molecule has 0 fully saturated rings. The fourth-order valence-electron chi connectivity index (χ4n) is 2.00. The van der Waals surface area contributed by atoms with Gasteiger partial charge >= 0.3 is 5.97 Å². The largest absolute Gasteiger partial charge is 0.481 e. The van der Waals surface area contributed by atoms with Crippen molar-refractivity contribution in [3.8, 4) is 0 Å². The average Bonchev–Trinajstić information content (AvgIpc) is 2.67. The lowest BCUT2D eigenvalue weighted by Crippen LogP contribution is -2.26. The molecule has 0 amide bonds. The van der Waals surface area contributed by atoms with Gasteiger partial charge in [-0.05, 0) is 20.5 Å². The number of rotatable bonds is 4. The third-order valence-electron chi connectivity index (χ3n) is 3.04. The number of hydrogen-bond acceptors (Lipinski definition) is 4. The van der Waals surface area contributed by atoms with Crippen LogP contribution < -0.4 is 0 Å². The summed E-state index contributed by atoms with van der Waals surface area (Å²) in [6, 6.07) is 0. The molecule has 1 atom stereocenters. The maximum Gasteiger partial charge on any atom is 0.307 e. The molecule has 1 aromatic heterocycles. The molecule has 0 aliphatic carbocycles. The Hall–Kier alpha value is -1.43. The van der Waals surface area contributed by atoms with Gasteiger partial charge in [-0.25, -0.2) is 9.67 Å². The summed E-state index contributed by atoms with van der Waals surface area (Å²) < 4.78 is 1.85. The highest BCUT2D eigenvalue weighted by Crippen LogP contribution is 2.19. The lowest BCUT2D eigenvalue weighted by molar-refractivity contribution is -0.142. The molecule has 6 heteroatoms. The van der Waals surface area contributed by atoms with Crippen LogP contribution in [0.5, 0.6) is 0 Å². The third-order valence-corrected chi connectivity index (χ3v) is 3.04. The lowest BCUT2D eigenvalue weighted by atomic mass is 9.98. The van der Waals surface area contributed by atoms with Gasteiger partial charge in [0.2, 0.25) is 0 Å². The van der Waals surface area contributed by atoms with Gasteiger partial charge < -0.3 is 10.0 Å². The Labute approximate surface area is 100 Å². The van der Waals surface area contributed by atoms with Gasteiger partial charge in [-0.1, -0.05) is 0 Å². The highest BCUT2D eigenvalue weighted by molar-refractivity contribution is 5.70. The van der Waals surface area contributed by atoms with Crippen LogP contribution in [0.2, 0.25) is 0 Å². The molecule has 1 aliphatic rings. The highest BCUT2D eigenvalue weighted by atomic mass is 16.4. The third kappa shape index (κ3) is 2.82. The second-order valence-electron chi connectivity index (χ2n) is 4.75. The highest BCUT2D eigenvalue weighted by Gasteiger charge is 2.26. The van der Waals surface area contributed by atoms with E-state index in [4.69, 9.17) is 5.11 Å². The number of hydrogen-bond donors (Lipinski definition) is 1. The maximum atomic E-state index is 10.9. The molecule has 1 aromatic rings. The number of carboxylic acid groups (broad SMARTS) is 1. The molecule has 1 unspecified atom stereocenters. The Morgan fingerprint density at radius 2 is 2.35 bits per heavy atom. The molecule has 0 radical (unpaired) electrons. The summed E-state index contributed by atoms with van der Waals surface area (Å²) in [5.41, 5.74) is 0. The van der Waals surface area contributed by atoms with E-state index in [9.17, 15) is 4.79 Å². The fraction of sp³-hybridized carbons (Fsp3) is 0.727. The number of fused-ring (bicyclic) bond motifs is 1. The molecule has 2 rings (SSSR count). The van der Waals surface area contributed by atoms with Crippen molar-refractivity contribution < 1.29 is 9.90 Å². The minimum Gasteiger partial charge on any atom is -0.481 e. The lowest BCUT2D eigenvalue weighted by Gasteiger charge is -2.17. The standard InChI is InChI=1S/C11H18N4O2/c1-14(2)5-4-9-12-10-7-8(11(16)17)3-6-15(10)13-9/h8H,3-7H2,1-2H3,(H,16,17). The molecular weight excluding hydrogens is 220 g/mol. The average molecular weight is 238 g/mol. The summed E-state index contributed by atoms with van der Waals surface area (Å²) in [5.74, 6) is 0.611. The molecule has 0 saturated carbocycles. The Bertz CT molecular complexity index is 414. The fourth-order valence-corrected chi connectivity index (χ4v) is 2.00. The van der Waals surface area contributed by atoms with Crippen LogP contribution in [0.15, 0.2) is 0 Å². The first kappa shape index (κ1) is 12.0. The van der Waals surface area contributed by atoms with Gasteiger partial charge in [0.1, 0.15) is 5.82 Å². The van der Waals surface area contributed by atoms with Crippen molar-refractivity contribution in [3.63, 3.8) is 0 Å².